The number of nitrogens with one attached hydrogen (secondary N) is 1. The van der Waals surface area contributed by atoms with Gasteiger partial charge in [0, 0.05) is 24.2 Å². The van der Waals surface area contributed by atoms with Crippen LogP contribution in [0.25, 0.3) is 0 Å². The average molecular weight is 251 g/mol. The molecule has 0 aliphatic heterocycles. The summed E-state index contributed by atoms with van der Waals surface area (Å²) in [5.74, 6) is 0.535. The van der Waals surface area contributed by atoms with Gasteiger partial charge in [-0.3, -0.25) is 4.79 Å². The van der Waals surface area contributed by atoms with Crippen LogP contribution in [0, 0.1) is 0 Å². The van der Waals surface area contributed by atoms with Gasteiger partial charge in [-0.1, -0.05) is 25.7 Å². The highest BCUT2D eigenvalue weighted by Crippen LogP contribution is 2.29. The van der Waals surface area contributed by atoms with E-state index < -0.39 is 12.0 Å². The molecule has 0 unspecified atom stereocenters. The van der Waals surface area contributed by atoms with Gasteiger partial charge < -0.3 is 15.8 Å². The molecule has 5 nitrogen and oxygen atoms in total. The lowest BCUT2D eigenvalue weighted by atomic mass is 10.00. The van der Waals surface area contributed by atoms with E-state index in [1.54, 1.807) is 6.20 Å². The molecule has 1 atom stereocenters. The zero-order chi connectivity index (χ0) is 13.0. The van der Waals surface area contributed by atoms with Crippen LogP contribution in [0.3, 0.4) is 0 Å². The summed E-state index contributed by atoms with van der Waals surface area (Å²) in [7, 11) is 0. The van der Waals surface area contributed by atoms with Gasteiger partial charge in [-0.2, -0.15) is 0 Å². The molecule has 1 aliphatic carbocycles. The van der Waals surface area contributed by atoms with Crippen LogP contribution in [0.1, 0.15) is 56.0 Å². The van der Waals surface area contributed by atoms with E-state index in [1.807, 2.05) is 0 Å². The van der Waals surface area contributed by atoms with Gasteiger partial charge in [0.05, 0.1) is 0 Å². The SMILES string of the molecule is N[C@@H](Cc1cnc(C2CCCCCC2)[nH]1)C(=O)O. The van der Waals surface area contributed by atoms with Crippen molar-refractivity contribution in [2.24, 2.45) is 5.73 Å². The molecule has 5 heteroatoms. The standard InChI is InChI=1S/C13H21N3O2/c14-11(13(17)18)7-10-8-15-12(16-10)9-5-3-1-2-4-6-9/h8-9,11H,1-7,14H2,(H,15,16)(H,17,18)/t11-/m0/s1. The zero-order valence-corrected chi connectivity index (χ0v) is 10.6. The van der Waals surface area contributed by atoms with Crippen LogP contribution in [0.2, 0.25) is 0 Å². The number of carboxylic acids is 1. The highest BCUT2D eigenvalue weighted by molar-refractivity contribution is 5.73. The number of hydrogen-bond donors (Lipinski definition) is 3. The van der Waals surface area contributed by atoms with Gasteiger partial charge in [0.15, 0.2) is 0 Å². The maximum absolute atomic E-state index is 10.7. The van der Waals surface area contributed by atoms with Crippen LogP contribution in [0.5, 0.6) is 0 Å². The molecular formula is C13H21N3O2. The van der Waals surface area contributed by atoms with E-state index >= 15 is 0 Å². The first-order valence-electron chi connectivity index (χ1n) is 6.69. The number of imidazole rings is 1. The maximum Gasteiger partial charge on any atom is 0.320 e. The van der Waals surface area contributed by atoms with Gasteiger partial charge in [0.1, 0.15) is 11.9 Å². The second-order valence-corrected chi connectivity index (χ2v) is 5.13. The summed E-state index contributed by atoms with van der Waals surface area (Å²) >= 11 is 0. The molecule has 0 amide bonds. The first-order valence-corrected chi connectivity index (χ1v) is 6.69. The fourth-order valence-corrected chi connectivity index (χ4v) is 2.56. The zero-order valence-electron chi connectivity index (χ0n) is 10.6. The average Bonchev–Trinajstić information content (AvgIpc) is 2.63. The van der Waals surface area contributed by atoms with Crippen molar-refractivity contribution in [1.29, 1.82) is 0 Å². The van der Waals surface area contributed by atoms with E-state index in [9.17, 15) is 4.79 Å². The van der Waals surface area contributed by atoms with Crippen LogP contribution in [-0.2, 0) is 11.2 Å². The van der Waals surface area contributed by atoms with Crippen molar-refractivity contribution in [3.63, 3.8) is 0 Å². The van der Waals surface area contributed by atoms with Gasteiger partial charge in [0.2, 0.25) is 0 Å². The fraction of sp³-hybridized carbons (Fsp3) is 0.692. The third-order valence-corrected chi connectivity index (χ3v) is 3.65. The molecule has 0 spiro atoms. The number of carbonyl (C=O) groups is 1. The Balaban J connectivity index is 1.98. The highest BCUT2D eigenvalue weighted by Gasteiger charge is 2.19. The second kappa shape index (κ2) is 6.00. The molecule has 0 bridgehead atoms. The number of hydrogen-bond acceptors (Lipinski definition) is 3. The molecule has 100 valence electrons. The molecule has 1 aliphatic rings. The molecule has 1 heterocycles. The molecule has 1 fully saturated rings. The molecule has 1 aromatic heterocycles. The Morgan fingerprint density at radius 3 is 2.72 bits per heavy atom. The lowest BCUT2D eigenvalue weighted by Crippen LogP contribution is -2.32. The normalized spacial score (nSPS) is 19.4. The topological polar surface area (TPSA) is 92.0 Å². The van der Waals surface area contributed by atoms with Crippen LogP contribution >= 0.6 is 0 Å². The third kappa shape index (κ3) is 3.32. The predicted octanol–water partition coefficient (Wildman–Crippen LogP) is 1.80. The van der Waals surface area contributed by atoms with Crippen molar-refractivity contribution in [3.8, 4) is 0 Å². The number of carboxylic acid groups (broad SMARTS) is 1. The smallest absolute Gasteiger partial charge is 0.320 e. The Morgan fingerprint density at radius 2 is 2.11 bits per heavy atom. The Hall–Kier alpha value is -1.36. The lowest BCUT2D eigenvalue weighted by molar-refractivity contribution is -0.138. The molecule has 1 aromatic rings. The molecule has 1 saturated carbocycles. The monoisotopic (exact) mass is 251 g/mol. The minimum atomic E-state index is -0.972. The summed E-state index contributed by atoms with van der Waals surface area (Å²) in [6, 6.07) is -0.854. The number of aliphatic carboxylic acids is 1. The maximum atomic E-state index is 10.7. The van der Waals surface area contributed by atoms with Gasteiger partial charge in [-0.15, -0.1) is 0 Å². The van der Waals surface area contributed by atoms with Gasteiger partial charge in [0.25, 0.3) is 0 Å². The van der Waals surface area contributed by atoms with Crippen molar-refractivity contribution in [2.75, 3.05) is 0 Å². The summed E-state index contributed by atoms with van der Waals surface area (Å²) in [6.07, 6.45) is 9.54. The first kappa shape index (κ1) is 13.1. The summed E-state index contributed by atoms with van der Waals surface area (Å²) < 4.78 is 0. The first-order chi connectivity index (χ1) is 8.66. The molecule has 2 rings (SSSR count). The number of nitrogens with two attached hydrogens (primary N) is 1. The Labute approximate surface area is 107 Å². The van der Waals surface area contributed by atoms with Crippen molar-refractivity contribution in [3.05, 3.63) is 17.7 Å². The van der Waals surface area contributed by atoms with E-state index in [1.165, 1.54) is 38.5 Å². The van der Waals surface area contributed by atoms with Crippen LogP contribution in [0.4, 0.5) is 0 Å². The summed E-state index contributed by atoms with van der Waals surface area (Å²) in [5.41, 5.74) is 6.34. The van der Waals surface area contributed by atoms with E-state index in [4.69, 9.17) is 10.8 Å². The number of aromatic amines is 1. The van der Waals surface area contributed by atoms with Crippen molar-refractivity contribution < 1.29 is 9.90 Å². The van der Waals surface area contributed by atoms with Gasteiger partial charge >= 0.3 is 5.97 Å². The number of nitrogens with zero attached hydrogens (tertiary/aromatic N) is 1. The molecular weight excluding hydrogens is 230 g/mol. The Kier molecular flexibility index (Phi) is 4.36. The lowest BCUT2D eigenvalue weighted by Gasteiger charge is -2.10. The minimum Gasteiger partial charge on any atom is -0.480 e. The van der Waals surface area contributed by atoms with Crippen molar-refractivity contribution in [2.45, 2.75) is 56.9 Å². The summed E-state index contributed by atoms with van der Waals surface area (Å²) in [5, 5.41) is 8.78. The summed E-state index contributed by atoms with van der Waals surface area (Å²) in [6.45, 7) is 0. The molecule has 0 saturated heterocycles. The number of H-pyrrole nitrogens is 1. The van der Waals surface area contributed by atoms with E-state index in [0.29, 0.717) is 12.3 Å². The summed E-state index contributed by atoms with van der Waals surface area (Å²) in [4.78, 5) is 18.3. The van der Waals surface area contributed by atoms with Crippen molar-refractivity contribution >= 4 is 5.97 Å². The van der Waals surface area contributed by atoms with Crippen LogP contribution in [-0.4, -0.2) is 27.1 Å². The minimum absolute atomic E-state index is 0.315. The largest absolute Gasteiger partial charge is 0.480 e. The molecule has 4 N–H and O–H groups in total. The van der Waals surface area contributed by atoms with Gasteiger partial charge in [-0.05, 0) is 12.8 Å². The van der Waals surface area contributed by atoms with Gasteiger partial charge in [-0.25, -0.2) is 4.98 Å². The Bertz CT molecular complexity index is 395. The number of rotatable bonds is 4. The van der Waals surface area contributed by atoms with E-state index in [2.05, 4.69) is 9.97 Å². The molecule has 18 heavy (non-hydrogen) atoms. The third-order valence-electron chi connectivity index (χ3n) is 3.65. The van der Waals surface area contributed by atoms with E-state index in [-0.39, 0.29) is 0 Å². The molecule has 0 radical (unpaired) electrons. The van der Waals surface area contributed by atoms with Crippen LogP contribution in [0.15, 0.2) is 6.20 Å². The van der Waals surface area contributed by atoms with Crippen molar-refractivity contribution in [1.82, 2.24) is 9.97 Å². The highest BCUT2D eigenvalue weighted by atomic mass is 16.4. The Morgan fingerprint density at radius 1 is 1.44 bits per heavy atom. The second-order valence-electron chi connectivity index (χ2n) is 5.13. The molecule has 0 aromatic carbocycles. The quantitative estimate of drug-likeness (QED) is 0.711. The van der Waals surface area contributed by atoms with E-state index in [0.717, 1.165) is 11.5 Å². The fourth-order valence-electron chi connectivity index (χ4n) is 2.56. The van der Waals surface area contributed by atoms with Crippen LogP contribution < -0.4 is 5.73 Å². The predicted molar refractivity (Wildman–Crippen MR) is 68.3 cm³/mol. The number of aromatic nitrogens is 2.